The first-order chi connectivity index (χ1) is 12.7. The molecule has 26 heavy (non-hydrogen) atoms. The van der Waals surface area contributed by atoms with E-state index in [0.29, 0.717) is 31.9 Å². The fraction of sp³-hybridized carbons (Fsp3) is 0.444. The number of oxazole rings is 1. The smallest absolute Gasteiger partial charge is 0.273 e. The van der Waals surface area contributed by atoms with Crippen LogP contribution in [-0.4, -0.2) is 53.4 Å². The number of ether oxygens (including phenoxy) is 2. The fourth-order valence-corrected chi connectivity index (χ4v) is 3.14. The standard InChI is InChI=1S/C18H21N3O5/c22-13-4-6-21(8-13)9-17-20-14(10-24-17)18(23)19-5-3-12-1-2-15-16(7-12)26-11-25-15/h1-2,7,10,13,22H,3-6,8-9,11H2,(H,19,23). The molecule has 1 unspecified atom stereocenters. The van der Waals surface area contributed by atoms with Gasteiger partial charge in [-0.3, -0.25) is 9.69 Å². The van der Waals surface area contributed by atoms with Crippen molar-refractivity contribution in [1.29, 1.82) is 0 Å². The Hall–Kier alpha value is -2.58. The first-order valence-corrected chi connectivity index (χ1v) is 8.69. The molecule has 1 saturated heterocycles. The van der Waals surface area contributed by atoms with Crippen LogP contribution in [0.5, 0.6) is 11.5 Å². The van der Waals surface area contributed by atoms with Crippen LogP contribution in [0.3, 0.4) is 0 Å². The predicted octanol–water partition coefficient (Wildman–Crippen LogP) is 0.942. The summed E-state index contributed by atoms with van der Waals surface area (Å²) in [4.78, 5) is 18.5. The number of aromatic nitrogens is 1. The molecule has 2 aromatic rings. The number of fused-ring (bicyclic) bond motifs is 1. The number of rotatable bonds is 6. The molecule has 0 radical (unpaired) electrons. The number of amides is 1. The quantitative estimate of drug-likeness (QED) is 0.792. The van der Waals surface area contributed by atoms with Gasteiger partial charge >= 0.3 is 0 Å². The summed E-state index contributed by atoms with van der Waals surface area (Å²) < 4.78 is 16.0. The highest BCUT2D eigenvalue weighted by molar-refractivity contribution is 5.91. The lowest BCUT2D eigenvalue weighted by atomic mass is 10.1. The van der Waals surface area contributed by atoms with Crippen LogP contribution in [0.15, 0.2) is 28.9 Å². The lowest BCUT2D eigenvalue weighted by molar-refractivity contribution is 0.0949. The van der Waals surface area contributed by atoms with Crippen molar-refractivity contribution in [3.8, 4) is 11.5 Å². The molecule has 0 bridgehead atoms. The Morgan fingerprint density at radius 3 is 3.08 bits per heavy atom. The molecule has 1 aromatic carbocycles. The number of nitrogens with one attached hydrogen (secondary N) is 1. The number of aliphatic hydroxyl groups excluding tert-OH is 1. The van der Waals surface area contributed by atoms with Crippen LogP contribution < -0.4 is 14.8 Å². The van der Waals surface area contributed by atoms with Gasteiger partial charge in [0, 0.05) is 19.6 Å². The monoisotopic (exact) mass is 359 g/mol. The minimum atomic E-state index is -0.288. The van der Waals surface area contributed by atoms with Gasteiger partial charge in [0.25, 0.3) is 5.91 Å². The van der Waals surface area contributed by atoms with E-state index in [1.54, 1.807) is 0 Å². The van der Waals surface area contributed by atoms with Crippen LogP contribution in [-0.2, 0) is 13.0 Å². The highest BCUT2D eigenvalue weighted by atomic mass is 16.7. The molecular weight excluding hydrogens is 338 g/mol. The summed E-state index contributed by atoms with van der Waals surface area (Å²) in [5.74, 6) is 1.71. The molecule has 8 heteroatoms. The molecular formula is C18H21N3O5. The topological polar surface area (TPSA) is 97.1 Å². The molecule has 1 fully saturated rings. The van der Waals surface area contributed by atoms with Crippen molar-refractivity contribution in [3.63, 3.8) is 0 Å². The summed E-state index contributed by atoms with van der Waals surface area (Å²) in [5.41, 5.74) is 1.33. The van der Waals surface area contributed by atoms with Crippen LogP contribution in [0.25, 0.3) is 0 Å². The molecule has 138 valence electrons. The van der Waals surface area contributed by atoms with Gasteiger partial charge in [-0.25, -0.2) is 4.98 Å². The maximum atomic E-state index is 12.2. The molecule has 1 atom stereocenters. The highest BCUT2D eigenvalue weighted by Crippen LogP contribution is 2.32. The Balaban J connectivity index is 1.26. The molecule has 0 aliphatic carbocycles. The fourth-order valence-electron chi connectivity index (χ4n) is 3.14. The van der Waals surface area contributed by atoms with E-state index >= 15 is 0 Å². The SMILES string of the molecule is O=C(NCCc1ccc2c(c1)OCO2)c1coc(CN2CCC(O)C2)n1. The summed E-state index contributed by atoms with van der Waals surface area (Å²) >= 11 is 0. The van der Waals surface area contributed by atoms with Crippen molar-refractivity contribution in [1.82, 2.24) is 15.2 Å². The van der Waals surface area contributed by atoms with E-state index in [9.17, 15) is 9.90 Å². The minimum Gasteiger partial charge on any atom is -0.454 e. The zero-order valence-corrected chi connectivity index (χ0v) is 14.3. The molecule has 0 spiro atoms. The van der Waals surface area contributed by atoms with Crippen LogP contribution in [0.1, 0.15) is 28.4 Å². The summed E-state index contributed by atoms with van der Waals surface area (Å²) in [5, 5.41) is 12.4. The maximum Gasteiger partial charge on any atom is 0.273 e. The van der Waals surface area contributed by atoms with E-state index in [2.05, 4.69) is 15.2 Å². The average Bonchev–Trinajstić information content (AvgIpc) is 3.36. The summed E-state index contributed by atoms with van der Waals surface area (Å²) in [7, 11) is 0. The predicted molar refractivity (Wildman–Crippen MR) is 91.0 cm³/mol. The molecule has 2 aliphatic rings. The number of carbonyl (C=O) groups excluding carboxylic acids is 1. The van der Waals surface area contributed by atoms with E-state index in [0.717, 1.165) is 30.0 Å². The van der Waals surface area contributed by atoms with Gasteiger partial charge in [-0.15, -0.1) is 0 Å². The minimum absolute atomic E-state index is 0.250. The van der Waals surface area contributed by atoms with Gasteiger partial charge in [0.05, 0.1) is 12.6 Å². The lowest BCUT2D eigenvalue weighted by Crippen LogP contribution is -2.26. The van der Waals surface area contributed by atoms with Gasteiger partial charge in [-0.05, 0) is 30.5 Å². The van der Waals surface area contributed by atoms with Gasteiger partial charge < -0.3 is 24.3 Å². The van der Waals surface area contributed by atoms with Crippen LogP contribution in [0, 0.1) is 0 Å². The van der Waals surface area contributed by atoms with Crippen molar-refractivity contribution in [2.75, 3.05) is 26.4 Å². The van der Waals surface area contributed by atoms with E-state index < -0.39 is 0 Å². The molecule has 8 nitrogen and oxygen atoms in total. The van der Waals surface area contributed by atoms with E-state index in [-0.39, 0.29) is 24.5 Å². The number of benzene rings is 1. The first-order valence-electron chi connectivity index (χ1n) is 8.69. The number of likely N-dealkylation sites (tertiary alicyclic amines) is 1. The van der Waals surface area contributed by atoms with Crippen LogP contribution >= 0.6 is 0 Å². The second kappa shape index (κ2) is 7.35. The number of nitrogens with zero attached hydrogens (tertiary/aromatic N) is 2. The van der Waals surface area contributed by atoms with E-state index in [1.165, 1.54) is 6.26 Å². The molecule has 1 aromatic heterocycles. The van der Waals surface area contributed by atoms with Gasteiger partial charge in [0.15, 0.2) is 17.2 Å². The molecule has 3 heterocycles. The average molecular weight is 359 g/mol. The molecule has 2 aliphatic heterocycles. The third-order valence-electron chi connectivity index (χ3n) is 4.53. The summed E-state index contributed by atoms with van der Waals surface area (Å²) in [6.45, 7) is 2.65. The number of hydrogen-bond acceptors (Lipinski definition) is 7. The number of β-amino-alcohol motifs (C(OH)–C–C–N with tert-alkyl or cyclic N) is 1. The first kappa shape index (κ1) is 16.9. The Labute approximate surface area is 150 Å². The van der Waals surface area contributed by atoms with Gasteiger partial charge in [0.2, 0.25) is 12.7 Å². The number of carbonyl (C=O) groups is 1. The second-order valence-electron chi connectivity index (χ2n) is 6.50. The van der Waals surface area contributed by atoms with Gasteiger partial charge in [-0.2, -0.15) is 0 Å². The number of aliphatic hydroxyl groups is 1. The van der Waals surface area contributed by atoms with Crippen molar-refractivity contribution in [2.24, 2.45) is 0 Å². The van der Waals surface area contributed by atoms with Crippen LogP contribution in [0.4, 0.5) is 0 Å². The zero-order valence-electron chi connectivity index (χ0n) is 14.3. The Morgan fingerprint density at radius 2 is 2.23 bits per heavy atom. The third-order valence-corrected chi connectivity index (χ3v) is 4.53. The number of hydrogen-bond donors (Lipinski definition) is 2. The van der Waals surface area contributed by atoms with E-state index in [1.807, 2.05) is 18.2 Å². The molecule has 0 saturated carbocycles. The normalized spacial score (nSPS) is 19.0. The summed E-state index contributed by atoms with van der Waals surface area (Å²) in [6.07, 6.45) is 2.52. The van der Waals surface area contributed by atoms with Gasteiger partial charge in [0.1, 0.15) is 6.26 Å². The van der Waals surface area contributed by atoms with E-state index in [4.69, 9.17) is 13.9 Å². The Bertz CT molecular complexity index is 791. The molecule has 2 N–H and O–H groups in total. The third kappa shape index (κ3) is 3.81. The summed E-state index contributed by atoms with van der Waals surface area (Å²) in [6, 6.07) is 5.75. The maximum absolute atomic E-state index is 12.2. The molecule has 4 rings (SSSR count). The second-order valence-corrected chi connectivity index (χ2v) is 6.50. The van der Waals surface area contributed by atoms with Crippen molar-refractivity contribution in [3.05, 3.63) is 41.6 Å². The Morgan fingerprint density at radius 1 is 1.35 bits per heavy atom. The zero-order chi connectivity index (χ0) is 17.9. The van der Waals surface area contributed by atoms with Crippen molar-refractivity contribution >= 4 is 5.91 Å². The largest absolute Gasteiger partial charge is 0.454 e. The van der Waals surface area contributed by atoms with Crippen LogP contribution in [0.2, 0.25) is 0 Å². The van der Waals surface area contributed by atoms with Gasteiger partial charge in [-0.1, -0.05) is 6.07 Å². The highest BCUT2D eigenvalue weighted by Gasteiger charge is 2.22. The molecule has 1 amide bonds. The Kier molecular flexibility index (Phi) is 4.77. The lowest BCUT2D eigenvalue weighted by Gasteiger charge is -2.11. The van der Waals surface area contributed by atoms with Crippen molar-refractivity contribution < 1.29 is 23.8 Å². The van der Waals surface area contributed by atoms with Crippen molar-refractivity contribution in [2.45, 2.75) is 25.5 Å².